The average molecular weight is 487 g/mol. The molecule has 0 spiro atoms. The van der Waals surface area contributed by atoms with Crippen LogP contribution in [0.3, 0.4) is 0 Å². The predicted octanol–water partition coefficient (Wildman–Crippen LogP) is 8.40. The number of carbonyl (C=O) groups is 3. The number of hydrogen-bond acceptors (Lipinski definition) is 6. The predicted molar refractivity (Wildman–Crippen MR) is 138 cm³/mol. The first-order valence-corrected chi connectivity index (χ1v) is 14.0. The second-order valence-electron chi connectivity index (χ2n) is 8.99. The normalized spacial score (nSPS) is 10.2. The highest BCUT2D eigenvalue weighted by Gasteiger charge is 2.09. The molecule has 0 aromatic heterocycles. The van der Waals surface area contributed by atoms with Crippen molar-refractivity contribution in [2.45, 2.75) is 156 Å². The molecule has 6 nitrogen and oxygen atoms in total. The van der Waals surface area contributed by atoms with E-state index in [9.17, 15) is 14.4 Å². The maximum Gasteiger partial charge on any atom is 0.355 e. The Morgan fingerprint density at radius 3 is 1.00 bits per heavy atom. The van der Waals surface area contributed by atoms with Gasteiger partial charge in [-0.25, -0.2) is 19.4 Å². The first-order valence-electron chi connectivity index (χ1n) is 14.0. The third-order valence-corrected chi connectivity index (χ3v) is 5.54. The molecule has 0 saturated heterocycles. The van der Waals surface area contributed by atoms with Crippen LogP contribution in [0, 0.1) is 0 Å². The average Bonchev–Trinajstić information content (AvgIpc) is 2.81. The minimum atomic E-state index is -0.427. The van der Waals surface area contributed by atoms with Crippen molar-refractivity contribution in [2.24, 2.45) is 0 Å². The second-order valence-corrected chi connectivity index (χ2v) is 8.99. The Bertz CT molecular complexity index is 430. The van der Waals surface area contributed by atoms with Gasteiger partial charge in [-0.15, -0.1) is 0 Å². The summed E-state index contributed by atoms with van der Waals surface area (Å²) >= 11 is 0. The number of unbranched alkanes of at least 4 members (excludes halogenated alkanes) is 16. The lowest BCUT2D eigenvalue weighted by molar-refractivity contribution is -0.259. The van der Waals surface area contributed by atoms with Crippen molar-refractivity contribution >= 4 is 17.9 Å². The van der Waals surface area contributed by atoms with Crippen molar-refractivity contribution in [1.29, 1.82) is 0 Å². The Balaban J connectivity index is 0. The molecular formula is C28H54O6. The van der Waals surface area contributed by atoms with E-state index in [2.05, 4.69) is 28.4 Å². The molecule has 0 rings (SSSR count). The highest BCUT2D eigenvalue weighted by Crippen LogP contribution is 2.12. The highest BCUT2D eigenvalue weighted by molar-refractivity contribution is 5.72. The van der Waals surface area contributed by atoms with Gasteiger partial charge in [0.05, 0.1) is 19.4 Å². The van der Waals surface area contributed by atoms with E-state index in [-0.39, 0.29) is 5.97 Å². The molecule has 0 amide bonds. The van der Waals surface area contributed by atoms with E-state index < -0.39 is 11.9 Å². The van der Waals surface area contributed by atoms with Gasteiger partial charge in [0.2, 0.25) is 0 Å². The zero-order valence-corrected chi connectivity index (χ0v) is 22.8. The quantitative estimate of drug-likeness (QED) is 0.0701. The molecular weight excluding hydrogens is 432 g/mol. The molecule has 0 aromatic rings. The minimum absolute atomic E-state index is 0.211. The summed E-state index contributed by atoms with van der Waals surface area (Å²) in [5, 5.41) is 0. The molecule has 0 unspecified atom stereocenters. The van der Waals surface area contributed by atoms with Gasteiger partial charge in [0, 0.05) is 6.92 Å². The van der Waals surface area contributed by atoms with Crippen molar-refractivity contribution in [2.75, 3.05) is 6.61 Å². The third kappa shape index (κ3) is 32.6. The minimum Gasteiger partial charge on any atom is -0.466 e. The summed E-state index contributed by atoms with van der Waals surface area (Å²) in [6, 6.07) is 0. The Hall–Kier alpha value is -1.59. The summed E-state index contributed by atoms with van der Waals surface area (Å²) in [6.45, 7) is 8.11. The SMILES string of the molecule is CCCCCCCCCCCC(=O)OOC(=O)CCCCCCCCCCC.CCOC(C)=O. The van der Waals surface area contributed by atoms with Crippen LogP contribution in [-0.4, -0.2) is 24.5 Å². The largest absolute Gasteiger partial charge is 0.466 e. The molecule has 0 bridgehead atoms. The maximum absolute atomic E-state index is 11.6. The molecule has 202 valence electrons. The molecule has 34 heavy (non-hydrogen) atoms. The van der Waals surface area contributed by atoms with Crippen LogP contribution in [-0.2, 0) is 28.9 Å². The molecule has 0 heterocycles. The summed E-state index contributed by atoms with van der Waals surface area (Å²) in [4.78, 5) is 42.2. The third-order valence-electron chi connectivity index (χ3n) is 5.54. The first kappa shape index (κ1) is 34.6. The Morgan fingerprint density at radius 1 is 0.471 bits per heavy atom. The number of hydrogen-bond donors (Lipinski definition) is 0. The molecule has 0 atom stereocenters. The van der Waals surface area contributed by atoms with Gasteiger partial charge in [0.15, 0.2) is 0 Å². The smallest absolute Gasteiger partial charge is 0.355 e. The molecule has 0 radical (unpaired) electrons. The Labute approximate surface area is 209 Å². The van der Waals surface area contributed by atoms with Crippen molar-refractivity contribution in [3.05, 3.63) is 0 Å². The number of esters is 1. The fourth-order valence-electron chi connectivity index (χ4n) is 3.54. The summed E-state index contributed by atoms with van der Waals surface area (Å²) in [5.41, 5.74) is 0. The van der Waals surface area contributed by atoms with Crippen LogP contribution < -0.4 is 0 Å². The van der Waals surface area contributed by atoms with Gasteiger partial charge in [-0.3, -0.25) is 4.79 Å². The summed E-state index contributed by atoms with van der Waals surface area (Å²) in [6.07, 6.45) is 22.3. The Kier molecular flexibility index (Phi) is 29.9. The summed E-state index contributed by atoms with van der Waals surface area (Å²) in [7, 11) is 0. The summed E-state index contributed by atoms with van der Waals surface area (Å²) < 4.78 is 4.40. The van der Waals surface area contributed by atoms with E-state index in [1.54, 1.807) is 6.92 Å². The van der Waals surface area contributed by atoms with Crippen LogP contribution in [0.2, 0.25) is 0 Å². The van der Waals surface area contributed by atoms with E-state index in [4.69, 9.17) is 0 Å². The van der Waals surface area contributed by atoms with Gasteiger partial charge in [-0.2, -0.15) is 0 Å². The fourth-order valence-corrected chi connectivity index (χ4v) is 3.54. The van der Waals surface area contributed by atoms with Crippen LogP contribution in [0.4, 0.5) is 0 Å². The van der Waals surface area contributed by atoms with Gasteiger partial charge in [0.25, 0.3) is 0 Å². The lowest BCUT2D eigenvalue weighted by Crippen LogP contribution is -2.11. The van der Waals surface area contributed by atoms with E-state index in [0.29, 0.717) is 19.4 Å². The highest BCUT2D eigenvalue weighted by atomic mass is 17.2. The van der Waals surface area contributed by atoms with E-state index in [0.717, 1.165) is 38.5 Å². The van der Waals surface area contributed by atoms with Crippen molar-refractivity contribution in [1.82, 2.24) is 0 Å². The van der Waals surface area contributed by atoms with E-state index >= 15 is 0 Å². The van der Waals surface area contributed by atoms with Crippen molar-refractivity contribution in [3.63, 3.8) is 0 Å². The van der Waals surface area contributed by atoms with Gasteiger partial charge in [-0.05, 0) is 19.8 Å². The lowest BCUT2D eigenvalue weighted by Gasteiger charge is -2.04. The standard InChI is InChI=1S/C24H46O4.C4H8O2/c1-3-5-7-9-11-13-15-17-19-21-23(25)27-28-24(26)22-20-18-16-14-12-10-8-6-4-2;1-3-6-4(2)5/h3-22H2,1-2H3;3H2,1-2H3. The molecule has 0 aliphatic heterocycles. The molecule has 6 heteroatoms. The number of ether oxygens (including phenoxy) is 1. The number of rotatable bonds is 21. The first-order chi connectivity index (χ1) is 16.5. The monoisotopic (exact) mass is 486 g/mol. The fraction of sp³-hybridized carbons (Fsp3) is 0.893. The van der Waals surface area contributed by atoms with E-state index in [1.807, 2.05) is 0 Å². The molecule has 0 aromatic carbocycles. The van der Waals surface area contributed by atoms with Crippen LogP contribution in [0.1, 0.15) is 156 Å². The van der Waals surface area contributed by atoms with Crippen LogP contribution in [0.15, 0.2) is 0 Å². The maximum atomic E-state index is 11.6. The lowest BCUT2D eigenvalue weighted by atomic mass is 10.1. The van der Waals surface area contributed by atoms with Gasteiger partial charge < -0.3 is 4.74 Å². The van der Waals surface area contributed by atoms with Crippen molar-refractivity contribution < 1.29 is 28.9 Å². The summed E-state index contributed by atoms with van der Waals surface area (Å²) in [5.74, 6) is -1.07. The molecule has 0 fully saturated rings. The van der Waals surface area contributed by atoms with Crippen molar-refractivity contribution in [3.8, 4) is 0 Å². The topological polar surface area (TPSA) is 78.9 Å². The van der Waals surface area contributed by atoms with Gasteiger partial charge in [0.1, 0.15) is 0 Å². The van der Waals surface area contributed by atoms with Crippen LogP contribution in [0.25, 0.3) is 0 Å². The second kappa shape index (κ2) is 29.4. The van der Waals surface area contributed by atoms with Gasteiger partial charge in [-0.1, -0.05) is 117 Å². The van der Waals surface area contributed by atoms with Gasteiger partial charge >= 0.3 is 17.9 Å². The van der Waals surface area contributed by atoms with Crippen LogP contribution in [0.5, 0.6) is 0 Å². The zero-order valence-electron chi connectivity index (χ0n) is 22.8. The molecule has 0 saturated carbocycles. The van der Waals surface area contributed by atoms with Crippen LogP contribution >= 0.6 is 0 Å². The molecule has 0 aliphatic carbocycles. The molecule has 0 aliphatic rings. The zero-order chi connectivity index (χ0) is 25.7. The Morgan fingerprint density at radius 2 is 0.765 bits per heavy atom. The number of carbonyl (C=O) groups excluding carboxylic acids is 3. The molecule has 0 N–H and O–H groups in total. The van der Waals surface area contributed by atoms with E-state index in [1.165, 1.54) is 84.0 Å².